The van der Waals surface area contributed by atoms with Crippen molar-refractivity contribution in [2.24, 2.45) is 0 Å². The maximum absolute atomic E-state index is 11.0. The number of rotatable bonds is 8. The molecule has 0 fully saturated rings. The fourth-order valence-electron chi connectivity index (χ4n) is 1.19. The van der Waals surface area contributed by atoms with Crippen LogP contribution in [0.1, 0.15) is 20.3 Å². The molecule has 1 N–H and O–H groups in total. The zero-order valence-corrected chi connectivity index (χ0v) is 12.3. The van der Waals surface area contributed by atoms with E-state index >= 15 is 0 Å². The van der Waals surface area contributed by atoms with Crippen molar-refractivity contribution >= 4 is 19.9 Å². The van der Waals surface area contributed by atoms with Crippen molar-refractivity contribution < 1.29 is 21.6 Å². The second-order valence-corrected chi connectivity index (χ2v) is 8.44. The third-order valence-electron chi connectivity index (χ3n) is 1.85. The lowest BCUT2D eigenvalue weighted by atomic mass is 10.3. The molecule has 1 unspecified atom stereocenters. The van der Waals surface area contributed by atoms with E-state index in [0.717, 1.165) is 12.5 Å². The molecule has 0 rings (SSSR count). The van der Waals surface area contributed by atoms with Gasteiger partial charge in [0, 0.05) is 12.8 Å². The van der Waals surface area contributed by atoms with Gasteiger partial charge in [-0.05, 0) is 20.3 Å². The Hall–Kier alpha value is -0.180. The number of hydrogen-bond acceptors (Lipinski definition) is 5. The Labute approximate surface area is 104 Å². The van der Waals surface area contributed by atoms with Crippen molar-refractivity contribution in [2.45, 2.75) is 32.5 Å². The Morgan fingerprint density at radius 1 is 1.12 bits per heavy atom. The van der Waals surface area contributed by atoms with Crippen molar-refractivity contribution in [3.05, 3.63) is 0 Å². The summed E-state index contributed by atoms with van der Waals surface area (Å²) in [7, 11) is -6.35. The first-order chi connectivity index (χ1) is 7.49. The Balaban J connectivity index is 4.34. The summed E-state index contributed by atoms with van der Waals surface area (Å²) in [6.45, 7) is 3.72. The van der Waals surface area contributed by atoms with E-state index in [-0.39, 0.29) is 24.8 Å². The van der Waals surface area contributed by atoms with Crippen LogP contribution < -0.4 is 4.72 Å². The molecule has 0 aromatic carbocycles. The van der Waals surface area contributed by atoms with Gasteiger partial charge in [0.05, 0.1) is 24.2 Å². The molecule has 0 aliphatic carbocycles. The minimum absolute atomic E-state index is 0.0180. The average Bonchev–Trinajstić information content (AvgIpc) is 2.06. The van der Waals surface area contributed by atoms with Crippen molar-refractivity contribution in [2.75, 3.05) is 24.8 Å². The van der Waals surface area contributed by atoms with E-state index < -0.39 is 26.0 Å². The number of ether oxygens (including phenoxy) is 1. The Kier molecular flexibility index (Phi) is 6.60. The van der Waals surface area contributed by atoms with Crippen LogP contribution in [0.15, 0.2) is 0 Å². The van der Waals surface area contributed by atoms with Crippen LogP contribution in [-0.4, -0.2) is 53.9 Å². The molecule has 6 nitrogen and oxygen atoms in total. The summed E-state index contributed by atoms with van der Waals surface area (Å²) >= 11 is 0. The molecule has 17 heavy (non-hydrogen) atoms. The molecular weight excluding hydrogens is 266 g/mol. The van der Waals surface area contributed by atoms with Gasteiger partial charge >= 0.3 is 0 Å². The molecule has 0 spiro atoms. The SMILES string of the molecule is CC(C)OC(CCS(C)(=O)=O)CNS(C)(=O)=O. The van der Waals surface area contributed by atoms with Crippen LogP contribution in [0, 0.1) is 0 Å². The summed E-state index contributed by atoms with van der Waals surface area (Å²) in [6, 6.07) is 0. The Bertz CT molecular complexity index is 377. The van der Waals surface area contributed by atoms with Crippen LogP contribution in [0.4, 0.5) is 0 Å². The third-order valence-corrected chi connectivity index (χ3v) is 3.52. The largest absolute Gasteiger partial charge is 0.374 e. The van der Waals surface area contributed by atoms with Gasteiger partial charge in [-0.1, -0.05) is 0 Å². The van der Waals surface area contributed by atoms with Gasteiger partial charge in [0.15, 0.2) is 0 Å². The third kappa shape index (κ3) is 12.1. The first kappa shape index (κ1) is 16.8. The van der Waals surface area contributed by atoms with Gasteiger partial charge < -0.3 is 4.74 Å². The standard InChI is InChI=1S/C9H21NO5S2/c1-8(2)15-9(5-6-16(3,11)12)7-10-17(4,13)14/h8-10H,5-7H2,1-4H3. The van der Waals surface area contributed by atoms with Crippen molar-refractivity contribution in [1.82, 2.24) is 4.72 Å². The molecule has 0 aromatic rings. The highest BCUT2D eigenvalue weighted by molar-refractivity contribution is 7.90. The number of nitrogens with one attached hydrogen (secondary N) is 1. The molecule has 1 atom stereocenters. The molecule has 8 heteroatoms. The van der Waals surface area contributed by atoms with Gasteiger partial charge in [0.2, 0.25) is 10.0 Å². The minimum atomic E-state index is -3.29. The lowest BCUT2D eigenvalue weighted by molar-refractivity contribution is 0.00989. The summed E-state index contributed by atoms with van der Waals surface area (Å²) in [5, 5.41) is 0. The normalized spacial score (nSPS) is 15.1. The van der Waals surface area contributed by atoms with E-state index in [2.05, 4.69) is 4.72 Å². The first-order valence-corrected chi connectivity index (χ1v) is 9.22. The summed E-state index contributed by atoms with van der Waals surface area (Å²) in [5.41, 5.74) is 0. The molecule has 0 amide bonds. The van der Waals surface area contributed by atoms with E-state index in [1.54, 1.807) is 0 Å². The number of sulfonamides is 1. The maximum Gasteiger partial charge on any atom is 0.208 e. The molecule has 0 heterocycles. The lowest BCUT2D eigenvalue weighted by Crippen LogP contribution is -2.35. The number of sulfone groups is 1. The quantitative estimate of drug-likeness (QED) is 0.665. The Morgan fingerprint density at radius 3 is 2.00 bits per heavy atom. The second-order valence-electron chi connectivity index (χ2n) is 4.35. The summed E-state index contributed by atoms with van der Waals surface area (Å²) in [4.78, 5) is 0. The molecule has 0 bridgehead atoms. The average molecular weight is 287 g/mol. The van der Waals surface area contributed by atoms with Crippen molar-refractivity contribution in [3.8, 4) is 0 Å². The van der Waals surface area contributed by atoms with Gasteiger partial charge in [0.1, 0.15) is 9.84 Å². The predicted molar refractivity (Wildman–Crippen MR) is 67.2 cm³/mol. The summed E-state index contributed by atoms with van der Waals surface area (Å²) < 4.78 is 51.7. The zero-order chi connectivity index (χ0) is 13.7. The smallest absolute Gasteiger partial charge is 0.208 e. The summed E-state index contributed by atoms with van der Waals surface area (Å²) in [6.07, 6.45) is 1.96. The van der Waals surface area contributed by atoms with Crippen molar-refractivity contribution in [3.63, 3.8) is 0 Å². The zero-order valence-electron chi connectivity index (χ0n) is 10.6. The van der Waals surface area contributed by atoms with Crippen LogP contribution in [-0.2, 0) is 24.6 Å². The molecule has 0 radical (unpaired) electrons. The van der Waals surface area contributed by atoms with Gasteiger partial charge in [-0.15, -0.1) is 0 Å². The minimum Gasteiger partial charge on any atom is -0.374 e. The highest BCUT2D eigenvalue weighted by Crippen LogP contribution is 2.04. The van der Waals surface area contributed by atoms with E-state index in [1.807, 2.05) is 13.8 Å². The van der Waals surface area contributed by atoms with E-state index in [4.69, 9.17) is 4.74 Å². The fraction of sp³-hybridized carbons (Fsp3) is 1.00. The van der Waals surface area contributed by atoms with E-state index in [9.17, 15) is 16.8 Å². The monoisotopic (exact) mass is 287 g/mol. The molecule has 0 aromatic heterocycles. The number of hydrogen-bond donors (Lipinski definition) is 1. The molecule has 0 aliphatic rings. The highest BCUT2D eigenvalue weighted by atomic mass is 32.2. The fourth-order valence-corrected chi connectivity index (χ4v) is 2.37. The molecule has 0 saturated heterocycles. The van der Waals surface area contributed by atoms with Crippen LogP contribution in [0.2, 0.25) is 0 Å². The molecule has 104 valence electrons. The molecule has 0 saturated carbocycles. The van der Waals surface area contributed by atoms with Crippen molar-refractivity contribution in [1.29, 1.82) is 0 Å². The van der Waals surface area contributed by atoms with Crippen LogP contribution in [0.5, 0.6) is 0 Å². The maximum atomic E-state index is 11.0. The predicted octanol–water partition coefficient (Wildman–Crippen LogP) is -0.236. The van der Waals surface area contributed by atoms with Gasteiger partial charge in [0.25, 0.3) is 0 Å². The molecule has 0 aliphatic heterocycles. The first-order valence-electron chi connectivity index (χ1n) is 5.27. The van der Waals surface area contributed by atoms with Gasteiger partial charge in [-0.3, -0.25) is 0 Å². The Morgan fingerprint density at radius 2 is 1.65 bits per heavy atom. The van der Waals surface area contributed by atoms with Crippen LogP contribution in [0.3, 0.4) is 0 Å². The van der Waals surface area contributed by atoms with E-state index in [0.29, 0.717) is 0 Å². The van der Waals surface area contributed by atoms with Gasteiger partial charge in [-0.2, -0.15) is 0 Å². The van der Waals surface area contributed by atoms with E-state index in [1.165, 1.54) is 0 Å². The van der Waals surface area contributed by atoms with Crippen LogP contribution in [0.25, 0.3) is 0 Å². The molecular formula is C9H21NO5S2. The van der Waals surface area contributed by atoms with Gasteiger partial charge in [-0.25, -0.2) is 21.6 Å². The second kappa shape index (κ2) is 6.67. The summed E-state index contributed by atoms with van der Waals surface area (Å²) in [5.74, 6) is -0.0180. The topological polar surface area (TPSA) is 89.5 Å². The lowest BCUT2D eigenvalue weighted by Gasteiger charge is -2.20. The van der Waals surface area contributed by atoms with Crippen LogP contribution >= 0.6 is 0 Å². The highest BCUT2D eigenvalue weighted by Gasteiger charge is 2.16.